The Balaban J connectivity index is 0. The van der Waals surface area contributed by atoms with Gasteiger partial charge in [0.1, 0.15) is 0 Å². The van der Waals surface area contributed by atoms with Crippen LogP contribution >= 0.6 is 18.6 Å². The van der Waals surface area contributed by atoms with Gasteiger partial charge in [-0.05, 0) is 50.9 Å². The van der Waals surface area contributed by atoms with Crippen molar-refractivity contribution in [1.29, 1.82) is 0 Å². The van der Waals surface area contributed by atoms with Crippen molar-refractivity contribution in [3.8, 4) is 0 Å². The Morgan fingerprint density at radius 2 is 1.22 bits per heavy atom. The molecule has 32 heavy (non-hydrogen) atoms. The molecule has 194 valence electrons. The van der Waals surface area contributed by atoms with Gasteiger partial charge in [-0.2, -0.15) is 6.92 Å². The molecule has 1 aliphatic carbocycles. The molecule has 0 amide bonds. The molecule has 6 heteroatoms. The van der Waals surface area contributed by atoms with Gasteiger partial charge in [0.25, 0.3) is 0 Å². The zero-order chi connectivity index (χ0) is 25.8. The van der Waals surface area contributed by atoms with Crippen LogP contribution in [0.25, 0.3) is 4.98 Å². The molecule has 5 atom stereocenters. The minimum atomic E-state index is -1.67. The van der Waals surface area contributed by atoms with Gasteiger partial charge in [-0.1, -0.05) is 94.1 Å². The third-order valence-electron chi connectivity index (χ3n) is 7.04. The van der Waals surface area contributed by atoms with E-state index < -0.39 is 25.3 Å². The average molecular weight is 545 g/mol. The van der Waals surface area contributed by atoms with Gasteiger partial charge in [0.2, 0.25) is 0 Å². The Morgan fingerprint density at radius 3 is 1.59 bits per heavy atom. The van der Waals surface area contributed by atoms with Crippen LogP contribution in [0.4, 0.5) is 0 Å². The number of rotatable bonds is 9. The molecule has 0 aromatic rings. The van der Waals surface area contributed by atoms with Crippen molar-refractivity contribution in [2.24, 2.45) is 23.7 Å². The predicted molar refractivity (Wildman–Crippen MR) is 147 cm³/mol. The summed E-state index contributed by atoms with van der Waals surface area (Å²) in [7, 11) is 8.11. The maximum absolute atomic E-state index is 5.87. The van der Waals surface area contributed by atoms with E-state index in [1.807, 2.05) is 0 Å². The molecule has 0 spiro atoms. The summed E-state index contributed by atoms with van der Waals surface area (Å²) in [5.74, 6) is 3.30. The molecule has 1 aliphatic rings. The van der Waals surface area contributed by atoms with Crippen LogP contribution in [-0.4, -0.2) is 26.0 Å². The molecule has 1 rings (SSSR count). The van der Waals surface area contributed by atoms with Crippen LogP contribution in [0.15, 0.2) is 0 Å². The Hall–Kier alpha value is 1.43. The zero-order valence-electron chi connectivity index (χ0n) is 23.4. The van der Waals surface area contributed by atoms with Gasteiger partial charge in [0, 0.05) is 6.61 Å². The summed E-state index contributed by atoms with van der Waals surface area (Å²) in [6.07, 6.45) is 5.15. The monoisotopic (exact) mass is 543 g/mol. The fourth-order valence-electron chi connectivity index (χ4n) is 5.60. The van der Waals surface area contributed by atoms with Crippen LogP contribution < -0.4 is 0 Å². The number of nitrogens with zero attached hydrogens (tertiary/aromatic N) is 1. The van der Waals surface area contributed by atoms with Crippen molar-refractivity contribution in [2.45, 2.75) is 131 Å². The Bertz CT molecular complexity index is 456. The van der Waals surface area contributed by atoms with Crippen molar-refractivity contribution >= 4 is 26.8 Å². The molecule has 0 aromatic carbocycles. The van der Waals surface area contributed by atoms with E-state index in [1.54, 1.807) is 6.92 Å². The van der Waals surface area contributed by atoms with E-state index in [-0.39, 0.29) is 11.1 Å². The number of hydrogen-bond donors (Lipinski definition) is 0. The quantitative estimate of drug-likeness (QED) is 0.161. The van der Waals surface area contributed by atoms with Crippen LogP contribution in [0.1, 0.15) is 102 Å². The van der Waals surface area contributed by atoms with Gasteiger partial charge >= 0.3 is 35.6 Å². The maximum atomic E-state index is 5.87. The third kappa shape index (κ3) is 14.1. The SMILES string of the molecule is CC1C(C)C(C)C([Si](C)(CCCCCCOC(C)(C)C)[N-]C(C)(C)C)C1C.[CH2-]C.[Cl][Ti][Cl]. The molecule has 2 nitrogen and oxygen atoms in total. The van der Waals surface area contributed by atoms with Crippen molar-refractivity contribution < 1.29 is 21.8 Å². The third-order valence-corrected chi connectivity index (χ3v) is 12.1. The molecular formula is C26H55Cl2NOSiTi-2. The van der Waals surface area contributed by atoms with Gasteiger partial charge in [-0.25, -0.2) is 0 Å². The molecule has 1 saturated carbocycles. The Kier molecular flexibility index (Phi) is 18.9. The first-order valence-corrected chi connectivity index (χ1v) is 19.7. The number of halogens is 2. The van der Waals surface area contributed by atoms with Crippen LogP contribution in [-0.2, 0) is 21.8 Å². The number of unbranched alkanes of at least 4 members (excludes halogenated alkanes) is 3. The number of hydrogen-bond acceptors (Lipinski definition) is 1. The first-order valence-electron chi connectivity index (χ1n) is 12.6. The van der Waals surface area contributed by atoms with Gasteiger partial charge < -0.3 is 16.6 Å². The first-order chi connectivity index (χ1) is 14.6. The first kappa shape index (κ1) is 35.6. The Labute approximate surface area is 220 Å². The van der Waals surface area contributed by atoms with Crippen LogP contribution in [0, 0.1) is 30.6 Å². The van der Waals surface area contributed by atoms with Gasteiger partial charge in [-0.3, -0.25) is 0 Å². The van der Waals surface area contributed by atoms with Crippen molar-refractivity contribution in [2.75, 3.05) is 6.61 Å². The summed E-state index contributed by atoms with van der Waals surface area (Å²) in [6, 6.07) is 1.36. The van der Waals surface area contributed by atoms with E-state index in [9.17, 15) is 0 Å². The second-order valence-electron chi connectivity index (χ2n) is 11.8. The van der Waals surface area contributed by atoms with Crippen LogP contribution in [0.5, 0.6) is 0 Å². The fraction of sp³-hybridized carbons (Fsp3) is 0.962. The summed E-state index contributed by atoms with van der Waals surface area (Å²) >= 11 is -0.556. The van der Waals surface area contributed by atoms with Gasteiger partial charge in [-0.15, -0.1) is 5.54 Å². The molecule has 0 radical (unpaired) electrons. The van der Waals surface area contributed by atoms with E-state index in [2.05, 4.69) is 82.7 Å². The van der Waals surface area contributed by atoms with Crippen molar-refractivity contribution in [3.05, 3.63) is 11.9 Å². The topological polar surface area (TPSA) is 23.3 Å². The second kappa shape index (κ2) is 17.0. The Morgan fingerprint density at radius 1 is 0.812 bits per heavy atom. The summed E-state index contributed by atoms with van der Waals surface area (Å²) < 4.78 is 5.87. The number of ether oxygens (including phenoxy) is 1. The summed E-state index contributed by atoms with van der Waals surface area (Å²) in [6.45, 7) is 31.8. The van der Waals surface area contributed by atoms with Crippen LogP contribution in [0.3, 0.4) is 0 Å². The van der Waals surface area contributed by atoms with Crippen molar-refractivity contribution in [3.63, 3.8) is 0 Å². The minimum absolute atomic E-state index is 0.000782. The van der Waals surface area contributed by atoms with Crippen LogP contribution in [0.2, 0.25) is 18.1 Å². The molecule has 0 aromatic heterocycles. The van der Waals surface area contributed by atoms with E-state index >= 15 is 0 Å². The fourth-order valence-corrected chi connectivity index (χ4v) is 11.6. The molecule has 0 bridgehead atoms. The molecule has 0 N–H and O–H groups in total. The second-order valence-corrected chi connectivity index (χ2v) is 18.5. The standard InChI is InChI=1S/C24H50NOSi.C2H5.2ClH.Ti/c1-18-19(2)21(4)22(20(18)3)27(11,25-23(5,6)7)17-15-13-12-14-16-26-24(8,9)10;1-2;;;/h18-22H,12-17H2,1-11H3;1H2,2H3;2*1H;/q2*-1;;;+2/p-2. The normalized spacial score (nSPS) is 27.5. The van der Waals surface area contributed by atoms with E-state index in [1.165, 1.54) is 31.7 Å². The summed E-state index contributed by atoms with van der Waals surface area (Å²) in [5, 5.41) is 0. The molecule has 1 fully saturated rings. The van der Waals surface area contributed by atoms with Gasteiger partial charge in [0.15, 0.2) is 0 Å². The van der Waals surface area contributed by atoms with E-state index in [0.29, 0.717) is 0 Å². The molecule has 0 aliphatic heterocycles. The molecule has 0 heterocycles. The summed E-state index contributed by atoms with van der Waals surface area (Å²) in [5.41, 5.74) is 0.931. The average Bonchev–Trinajstić information content (AvgIpc) is 2.84. The molecule has 0 saturated heterocycles. The molecule has 5 unspecified atom stereocenters. The van der Waals surface area contributed by atoms with E-state index in [4.69, 9.17) is 28.3 Å². The summed E-state index contributed by atoms with van der Waals surface area (Å²) in [4.78, 5) is 5.57. The van der Waals surface area contributed by atoms with Crippen molar-refractivity contribution in [1.82, 2.24) is 0 Å². The van der Waals surface area contributed by atoms with Gasteiger partial charge in [0.05, 0.1) is 5.60 Å². The molecular weight excluding hydrogens is 489 g/mol. The predicted octanol–water partition coefficient (Wildman–Crippen LogP) is 10.3. The van der Waals surface area contributed by atoms with E-state index in [0.717, 1.165) is 35.8 Å². The zero-order valence-corrected chi connectivity index (χ0v) is 27.5.